The first kappa shape index (κ1) is 19.3. The average Bonchev–Trinajstić information content (AvgIpc) is 2.98. The van der Waals surface area contributed by atoms with E-state index < -0.39 is 23.7 Å². The highest BCUT2D eigenvalue weighted by atomic mass is 19.1. The molecule has 1 N–H and O–H groups in total. The van der Waals surface area contributed by atoms with Crippen LogP contribution in [0.5, 0.6) is 0 Å². The SMILES string of the molecule is C=CCn1c(C)c(/C=C2\C(=O)NC(=O)N(c3ccc(F)cc3)C2=O)c2ccccc21. The summed E-state index contributed by atoms with van der Waals surface area (Å²) in [4.78, 5) is 38.7. The molecule has 0 saturated carbocycles. The molecule has 4 rings (SSSR count). The second kappa shape index (κ2) is 7.44. The molecule has 150 valence electrons. The normalized spacial score (nSPS) is 15.7. The summed E-state index contributed by atoms with van der Waals surface area (Å²) in [7, 11) is 0. The molecule has 1 saturated heterocycles. The summed E-state index contributed by atoms with van der Waals surface area (Å²) >= 11 is 0. The number of halogens is 1. The number of urea groups is 1. The molecule has 0 unspecified atom stereocenters. The Morgan fingerprint density at radius 2 is 1.77 bits per heavy atom. The minimum absolute atomic E-state index is 0.170. The molecule has 2 aromatic carbocycles. The average molecular weight is 403 g/mol. The molecule has 4 amide bonds. The Bertz CT molecular complexity index is 1240. The molecular weight excluding hydrogens is 385 g/mol. The Balaban J connectivity index is 1.85. The van der Waals surface area contributed by atoms with Crippen molar-refractivity contribution in [3.63, 3.8) is 0 Å². The minimum atomic E-state index is -0.875. The van der Waals surface area contributed by atoms with Gasteiger partial charge in [0.2, 0.25) is 0 Å². The fourth-order valence-corrected chi connectivity index (χ4v) is 3.63. The lowest BCUT2D eigenvalue weighted by Crippen LogP contribution is -2.54. The number of hydrogen-bond donors (Lipinski definition) is 1. The van der Waals surface area contributed by atoms with E-state index in [1.54, 1.807) is 6.08 Å². The smallest absolute Gasteiger partial charge is 0.335 e. The molecule has 0 radical (unpaired) electrons. The lowest BCUT2D eigenvalue weighted by Gasteiger charge is -2.26. The van der Waals surface area contributed by atoms with Gasteiger partial charge in [0, 0.05) is 28.7 Å². The largest absolute Gasteiger partial charge is 0.340 e. The molecule has 0 bridgehead atoms. The van der Waals surface area contributed by atoms with Crippen molar-refractivity contribution in [3.8, 4) is 0 Å². The predicted molar refractivity (Wildman–Crippen MR) is 112 cm³/mol. The summed E-state index contributed by atoms with van der Waals surface area (Å²) in [6.45, 7) is 6.24. The number of para-hydroxylation sites is 1. The number of barbiturate groups is 1. The van der Waals surface area contributed by atoms with Crippen molar-refractivity contribution in [2.75, 3.05) is 4.90 Å². The number of nitrogens with zero attached hydrogens (tertiary/aromatic N) is 2. The first-order valence-corrected chi connectivity index (χ1v) is 9.28. The van der Waals surface area contributed by atoms with Gasteiger partial charge < -0.3 is 4.57 Å². The number of fused-ring (bicyclic) bond motifs is 1. The number of imide groups is 2. The van der Waals surface area contributed by atoms with Crippen molar-refractivity contribution in [2.45, 2.75) is 13.5 Å². The number of rotatable bonds is 4. The highest BCUT2D eigenvalue weighted by molar-refractivity contribution is 6.39. The third-order valence-electron chi connectivity index (χ3n) is 5.07. The van der Waals surface area contributed by atoms with Gasteiger partial charge in [-0.05, 0) is 43.3 Å². The number of carbonyl (C=O) groups excluding carboxylic acids is 3. The third kappa shape index (κ3) is 3.10. The first-order valence-electron chi connectivity index (χ1n) is 9.28. The van der Waals surface area contributed by atoms with E-state index >= 15 is 0 Å². The van der Waals surface area contributed by atoms with Gasteiger partial charge in [-0.1, -0.05) is 24.3 Å². The minimum Gasteiger partial charge on any atom is -0.340 e. The molecular formula is C23H18FN3O3. The molecule has 0 spiro atoms. The van der Waals surface area contributed by atoms with Gasteiger partial charge in [0.25, 0.3) is 11.8 Å². The molecule has 0 atom stereocenters. The van der Waals surface area contributed by atoms with E-state index in [1.165, 1.54) is 18.2 Å². The Hall–Kier alpha value is -4.00. The van der Waals surface area contributed by atoms with Crippen LogP contribution in [-0.4, -0.2) is 22.4 Å². The Morgan fingerprint density at radius 3 is 2.47 bits per heavy atom. The first-order chi connectivity index (χ1) is 14.4. The number of amides is 4. The van der Waals surface area contributed by atoms with Crippen molar-refractivity contribution < 1.29 is 18.8 Å². The van der Waals surface area contributed by atoms with Crippen molar-refractivity contribution in [3.05, 3.63) is 83.8 Å². The molecule has 1 fully saturated rings. The molecule has 3 aromatic rings. The van der Waals surface area contributed by atoms with Crippen LogP contribution >= 0.6 is 0 Å². The van der Waals surface area contributed by atoms with Gasteiger partial charge in [-0.3, -0.25) is 14.9 Å². The van der Waals surface area contributed by atoms with Crippen LogP contribution in [-0.2, 0) is 16.1 Å². The number of allylic oxidation sites excluding steroid dienone is 1. The number of hydrogen-bond acceptors (Lipinski definition) is 3. The third-order valence-corrected chi connectivity index (χ3v) is 5.07. The van der Waals surface area contributed by atoms with Crippen LogP contribution in [0.25, 0.3) is 17.0 Å². The van der Waals surface area contributed by atoms with Crippen LogP contribution in [0.1, 0.15) is 11.3 Å². The zero-order chi connectivity index (χ0) is 21.4. The topological polar surface area (TPSA) is 71.4 Å². The van der Waals surface area contributed by atoms with Gasteiger partial charge in [0.05, 0.1) is 5.69 Å². The van der Waals surface area contributed by atoms with E-state index in [2.05, 4.69) is 11.9 Å². The Morgan fingerprint density at radius 1 is 1.07 bits per heavy atom. The summed E-state index contributed by atoms with van der Waals surface area (Å²) in [6, 6.07) is 11.7. The second-order valence-electron chi connectivity index (χ2n) is 6.85. The molecule has 2 heterocycles. The summed E-state index contributed by atoms with van der Waals surface area (Å²) in [6.07, 6.45) is 3.27. The Labute approximate surface area is 171 Å². The highest BCUT2D eigenvalue weighted by Crippen LogP contribution is 2.29. The number of nitrogens with one attached hydrogen (secondary N) is 1. The lowest BCUT2D eigenvalue weighted by molar-refractivity contribution is -0.122. The summed E-state index contributed by atoms with van der Waals surface area (Å²) in [5, 5.41) is 3.06. The van der Waals surface area contributed by atoms with Crippen molar-refractivity contribution in [1.29, 1.82) is 0 Å². The van der Waals surface area contributed by atoms with Crippen molar-refractivity contribution in [1.82, 2.24) is 9.88 Å². The van der Waals surface area contributed by atoms with E-state index in [-0.39, 0.29) is 11.3 Å². The fraction of sp³-hybridized carbons (Fsp3) is 0.0870. The van der Waals surface area contributed by atoms with Crippen molar-refractivity contribution >= 4 is 40.5 Å². The lowest BCUT2D eigenvalue weighted by atomic mass is 10.0. The van der Waals surface area contributed by atoms with Gasteiger partial charge in [-0.15, -0.1) is 6.58 Å². The zero-order valence-corrected chi connectivity index (χ0v) is 16.2. The number of carbonyl (C=O) groups is 3. The van der Waals surface area contributed by atoms with Crippen molar-refractivity contribution in [2.24, 2.45) is 0 Å². The molecule has 1 aliphatic rings. The number of aromatic nitrogens is 1. The molecule has 0 aliphatic carbocycles. The van der Waals surface area contributed by atoms with E-state index in [0.717, 1.165) is 33.6 Å². The maximum Gasteiger partial charge on any atom is 0.335 e. The van der Waals surface area contributed by atoms with Crippen LogP contribution in [0.3, 0.4) is 0 Å². The Kier molecular flexibility index (Phi) is 4.79. The molecule has 1 aromatic heterocycles. The van der Waals surface area contributed by atoms with E-state index in [9.17, 15) is 18.8 Å². The number of benzene rings is 2. The standard InChI is InChI=1S/C23H18FN3O3/c1-3-12-26-14(2)18(17-6-4-5-7-20(17)26)13-19-21(28)25-23(30)27(22(19)29)16-10-8-15(24)9-11-16/h3-11,13H,1,12H2,2H3,(H,25,28,30)/b19-13+. The van der Waals surface area contributed by atoms with Gasteiger partial charge in [0.1, 0.15) is 11.4 Å². The predicted octanol–water partition coefficient (Wildman–Crippen LogP) is 3.94. The highest BCUT2D eigenvalue weighted by Gasteiger charge is 2.37. The number of anilines is 1. The summed E-state index contributed by atoms with van der Waals surface area (Å²) in [5.74, 6) is -2.04. The van der Waals surface area contributed by atoms with Gasteiger partial charge in [-0.2, -0.15) is 0 Å². The van der Waals surface area contributed by atoms with Crippen LogP contribution in [0.4, 0.5) is 14.9 Å². The van der Waals surface area contributed by atoms with Crippen LogP contribution in [0, 0.1) is 12.7 Å². The monoisotopic (exact) mass is 403 g/mol. The summed E-state index contributed by atoms with van der Waals surface area (Å²) in [5.41, 5.74) is 2.50. The molecule has 30 heavy (non-hydrogen) atoms. The van der Waals surface area contributed by atoms with Gasteiger partial charge in [-0.25, -0.2) is 14.1 Å². The fourth-order valence-electron chi connectivity index (χ4n) is 3.63. The van der Waals surface area contributed by atoms with E-state index in [1.807, 2.05) is 35.8 Å². The molecule has 6 nitrogen and oxygen atoms in total. The zero-order valence-electron chi connectivity index (χ0n) is 16.2. The maximum absolute atomic E-state index is 13.3. The van der Waals surface area contributed by atoms with Crippen LogP contribution in [0.2, 0.25) is 0 Å². The second-order valence-corrected chi connectivity index (χ2v) is 6.85. The van der Waals surface area contributed by atoms with E-state index in [4.69, 9.17) is 0 Å². The maximum atomic E-state index is 13.3. The summed E-state index contributed by atoms with van der Waals surface area (Å²) < 4.78 is 15.3. The quantitative estimate of drug-likeness (QED) is 0.407. The molecule has 1 aliphatic heterocycles. The van der Waals surface area contributed by atoms with Crippen LogP contribution in [0.15, 0.2) is 66.8 Å². The van der Waals surface area contributed by atoms with E-state index in [0.29, 0.717) is 12.1 Å². The van der Waals surface area contributed by atoms with Crippen LogP contribution < -0.4 is 10.2 Å². The molecule has 7 heteroatoms. The van der Waals surface area contributed by atoms with Gasteiger partial charge in [0.15, 0.2) is 0 Å². The van der Waals surface area contributed by atoms with Gasteiger partial charge >= 0.3 is 6.03 Å².